The molecule has 6 N–H and O–H groups in total. The highest BCUT2D eigenvalue weighted by Gasteiger charge is 2.43. The lowest BCUT2D eigenvalue weighted by atomic mass is 9.90. The number of hydrogen-bond acceptors (Lipinski definition) is 9. The lowest BCUT2D eigenvalue weighted by Crippen LogP contribution is -2.63. The van der Waals surface area contributed by atoms with E-state index < -0.39 is 48.4 Å². The predicted molar refractivity (Wildman–Crippen MR) is 127 cm³/mol. The van der Waals surface area contributed by atoms with Crippen molar-refractivity contribution in [3.8, 4) is 0 Å². The van der Waals surface area contributed by atoms with Crippen LogP contribution in [0.25, 0.3) is 0 Å². The van der Waals surface area contributed by atoms with Gasteiger partial charge in [-0.1, -0.05) is 0 Å². The minimum atomic E-state index is -4.61. The molecule has 12 nitrogen and oxygen atoms in total. The molecular formula is C23H34F3N5O7. The number of aliphatic hydroxyl groups excluding tert-OH is 2. The van der Waals surface area contributed by atoms with Crippen LogP contribution in [-0.4, -0.2) is 107 Å². The normalized spacial score (nSPS) is 31.9. The molecule has 214 valence electrons. The van der Waals surface area contributed by atoms with Crippen molar-refractivity contribution < 1.29 is 47.6 Å². The predicted octanol–water partition coefficient (Wildman–Crippen LogP) is -0.390. The van der Waals surface area contributed by atoms with Gasteiger partial charge in [-0.2, -0.15) is 13.2 Å². The lowest BCUT2D eigenvalue weighted by molar-refractivity contribution is -0.160. The van der Waals surface area contributed by atoms with Crippen LogP contribution in [0.2, 0.25) is 0 Å². The summed E-state index contributed by atoms with van der Waals surface area (Å²) < 4.78 is 45.0. The molecule has 1 unspecified atom stereocenters. The molecule has 2 amide bonds. The minimum absolute atomic E-state index is 0.0888. The summed E-state index contributed by atoms with van der Waals surface area (Å²) in [5, 5.41) is 38.2. The molecule has 2 fully saturated rings. The Balaban J connectivity index is 1.41. The summed E-state index contributed by atoms with van der Waals surface area (Å²) in [4.78, 5) is 39.5. The molecule has 38 heavy (non-hydrogen) atoms. The minimum Gasteiger partial charge on any atom is -0.481 e. The Labute approximate surface area is 217 Å². The van der Waals surface area contributed by atoms with E-state index in [4.69, 9.17) is 9.84 Å². The number of hydrogen-bond donors (Lipinski definition) is 6. The first-order chi connectivity index (χ1) is 17.8. The van der Waals surface area contributed by atoms with Crippen molar-refractivity contribution in [2.75, 3.05) is 13.7 Å². The summed E-state index contributed by atoms with van der Waals surface area (Å²) in [6.45, 7) is -0.147. The number of alkyl halides is 3. The Kier molecular flexibility index (Phi) is 10.1. The topological polar surface area (TPSA) is 173 Å². The van der Waals surface area contributed by atoms with Crippen molar-refractivity contribution in [2.45, 2.75) is 93.7 Å². The number of amides is 2. The van der Waals surface area contributed by atoms with Gasteiger partial charge in [0.05, 0.1) is 37.8 Å². The fourth-order valence-electron chi connectivity index (χ4n) is 4.76. The molecule has 3 aliphatic rings. The molecule has 0 aromatic rings. The van der Waals surface area contributed by atoms with Crippen molar-refractivity contribution >= 4 is 24.0 Å². The average Bonchev–Trinajstić information content (AvgIpc) is 2.84. The molecule has 3 rings (SSSR count). The van der Waals surface area contributed by atoms with E-state index in [1.54, 1.807) is 0 Å². The fraction of sp³-hybridized carbons (Fsp3) is 0.739. The van der Waals surface area contributed by atoms with Gasteiger partial charge in [0.2, 0.25) is 11.8 Å². The third-order valence-corrected chi connectivity index (χ3v) is 6.94. The Morgan fingerprint density at radius 3 is 2.24 bits per heavy atom. The van der Waals surface area contributed by atoms with E-state index in [9.17, 15) is 37.8 Å². The molecule has 1 aliphatic carbocycles. The summed E-state index contributed by atoms with van der Waals surface area (Å²) in [6.07, 6.45) is -5.64. The largest absolute Gasteiger partial charge is 0.481 e. The zero-order chi connectivity index (χ0) is 28.0. The number of rotatable bonds is 9. The van der Waals surface area contributed by atoms with E-state index in [1.165, 1.54) is 13.3 Å². The standard InChI is InChI=1S/C23H34F3N5O7/c1-31-16(23(24,25)26)9-27-10-17(31)30-14-11-38-15(22(37)21(14)36)8-19(33)29-13-4-2-12(3-5-13)28-18(32)6-7-20(34)35/h9-10,12-15,17,21-22,30,36-37H,2-8,11H2,1H3,(H,28,32)(H,29,33)(H,34,35)/t12?,13?,14-,15+,17?,21+,22-/m0/s1. The molecular weight excluding hydrogens is 515 g/mol. The van der Waals surface area contributed by atoms with Crippen LogP contribution in [0.5, 0.6) is 0 Å². The number of carbonyl (C=O) groups excluding carboxylic acids is 2. The van der Waals surface area contributed by atoms with Crippen LogP contribution >= 0.6 is 0 Å². The van der Waals surface area contributed by atoms with Gasteiger partial charge in [-0.25, -0.2) is 0 Å². The molecule has 2 aliphatic heterocycles. The molecule has 5 atom stereocenters. The Hall–Kier alpha value is -2.75. The maximum Gasteiger partial charge on any atom is 0.432 e. The molecule has 0 spiro atoms. The van der Waals surface area contributed by atoms with Crippen molar-refractivity contribution in [2.24, 2.45) is 4.99 Å². The second-order valence-corrected chi connectivity index (χ2v) is 9.77. The van der Waals surface area contributed by atoms with Crippen LogP contribution in [-0.2, 0) is 19.1 Å². The molecule has 0 aromatic carbocycles. The summed E-state index contributed by atoms with van der Waals surface area (Å²) in [6, 6.07) is -1.15. The highest BCUT2D eigenvalue weighted by atomic mass is 19.4. The smallest absolute Gasteiger partial charge is 0.432 e. The Bertz CT molecular complexity index is 924. The lowest BCUT2D eigenvalue weighted by Gasteiger charge is -2.41. The van der Waals surface area contributed by atoms with E-state index in [1.807, 2.05) is 0 Å². The van der Waals surface area contributed by atoms with Gasteiger partial charge in [0, 0.05) is 31.8 Å². The third kappa shape index (κ3) is 8.12. The van der Waals surface area contributed by atoms with Gasteiger partial charge in [0.15, 0.2) is 0 Å². The van der Waals surface area contributed by atoms with E-state index in [0.29, 0.717) is 31.9 Å². The Morgan fingerprint density at radius 2 is 1.66 bits per heavy atom. The first-order valence-corrected chi connectivity index (χ1v) is 12.4. The number of nitrogens with one attached hydrogen (secondary N) is 3. The summed E-state index contributed by atoms with van der Waals surface area (Å²) in [5.74, 6) is -1.75. The van der Waals surface area contributed by atoms with Gasteiger partial charge >= 0.3 is 12.1 Å². The number of carboxylic acids is 1. The van der Waals surface area contributed by atoms with E-state index in [-0.39, 0.29) is 49.8 Å². The molecule has 0 bridgehead atoms. The number of carboxylic acid groups (broad SMARTS) is 1. The third-order valence-electron chi connectivity index (χ3n) is 6.94. The van der Waals surface area contributed by atoms with Crippen LogP contribution in [0.1, 0.15) is 44.9 Å². The SMILES string of the molecule is CN1C(C(F)(F)F)=CN=CC1N[C@H]1CO[C@H](CC(=O)NC2CCC(NC(=O)CCC(=O)O)CC2)[C@H](O)[C@@H]1O. The number of carbonyl (C=O) groups is 3. The number of allylic oxidation sites excluding steroid dienone is 1. The Morgan fingerprint density at radius 1 is 1.05 bits per heavy atom. The van der Waals surface area contributed by atoms with Crippen LogP contribution in [0.15, 0.2) is 16.9 Å². The first-order valence-electron chi connectivity index (χ1n) is 12.4. The van der Waals surface area contributed by atoms with Gasteiger partial charge in [0.1, 0.15) is 24.1 Å². The van der Waals surface area contributed by atoms with E-state index in [2.05, 4.69) is 20.9 Å². The number of ether oxygens (including phenoxy) is 1. The van der Waals surface area contributed by atoms with Gasteiger partial charge < -0.3 is 35.6 Å². The number of nitrogens with zero attached hydrogens (tertiary/aromatic N) is 2. The maximum absolute atomic E-state index is 13.1. The summed E-state index contributed by atoms with van der Waals surface area (Å²) >= 11 is 0. The van der Waals surface area contributed by atoms with E-state index >= 15 is 0 Å². The average molecular weight is 550 g/mol. The molecule has 1 saturated heterocycles. The van der Waals surface area contributed by atoms with Crippen molar-refractivity contribution in [3.05, 3.63) is 11.9 Å². The van der Waals surface area contributed by atoms with Gasteiger partial charge in [-0.05, 0) is 25.7 Å². The molecule has 15 heteroatoms. The number of halogens is 3. The highest BCUT2D eigenvalue weighted by Crippen LogP contribution is 2.30. The monoisotopic (exact) mass is 549 g/mol. The van der Waals surface area contributed by atoms with Crippen LogP contribution in [0, 0.1) is 0 Å². The van der Waals surface area contributed by atoms with E-state index in [0.717, 1.165) is 4.90 Å². The van der Waals surface area contributed by atoms with Crippen molar-refractivity contribution in [1.29, 1.82) is 0 Å². The van der Waals surface area contributed by atoms with Crippen molar-refractivity contribution in [1.82, 2.24) is 20.9 Å². The number of aliphatic hydroxyl groups is 2. The summed E-state index contributed by atoms with van der Waals surface area (Å²) in [7, 11) is 1.22. The van der Waals surface area contributed by atoms with Gasteiger partial charge in [-0.3, -0.25) is 24.7 Å². The molecule has 0 aromatic heterocycles. The molecule has 0 radical (unpaired) electrons. The second-order valence-electron chi connectivity index (χ2n) is 9.77. The number of aliphatic imine (C=N–C) groups is 1. The summed E-state index contributed by atoms with van der Waals surface area (Å²) in [5.41, 5.74) is -0.964. The van der Waals surface area contributed by atoms with Crippen LogP contribution in [0.3, 0.4) is 0 Å². The van der Waals surface area contributed by atoms with Crippen molar-refractivity contribution in [3.63, 3.8) is 0 Å². The quantitative estimate of drug-likeness (QED) is 0.224. The van der Waals surface area contributed by atoms with Gasteiger partial charge in [0.25, 0.3) is 0 Å². The van der Waals surface area contributed by atoms with Crippen LogP contribution < -0.4 is 16.0 Å². The highest BCUT2D eigenvalue weighted by molar-refractivity contribution is 5.80. The molecule has 1 saturated carbocycles. The maximum atomic E-state index is 13.1. The van der Waals surface area contributed by atoms with Gasteiger partial charge in [-0.15, -0.1) is 0 Å². The zero-order valence-electron chi connectivity index (χ0n) is 20.9. The fourth-order valence-corrected chi connectivity index (χ4v) is 4.76. The first kappa shape index (κ1) is 29.8. The number of aliphatic carboxylic acids is 1. The molecule has 2 heterocycles. The van der Waals surface area contributed by atoms with Crippen LogP contribution in [0.4, 0.5) is 13.2 Å². The second kappa shape index (κ2) is 12.9. The zero-order valence-corrected chi connectivity index (χ0v) is 20.9.